The van der Waals surface area contributed by atoms with Crippen molar-refractivity contribution >= 4 is 17.6 Å². The van der Waals surface area contributed by atoms with Crippen LogP contribution in [0.2, 0.25) is 0 Å². The fraction of sp³-hybridized carbons (Fsp3) is 0.379. The molecule has 1 saturated heterocycles. The molecule has 1 aromatic heterocycles. The number of rotatable bonds is 8. The van der Waals surface area contributed by atoms with E-state index in [0.717, 1.165) is 41.4 Å². The summed E-state index contributed by atoms with van der Waals surface area (Å²) in [7, 11) is 1.63. The van der Waals surface area contributed by atoms with Gasteiger partial charge in [0.05, 0.1) is 12.8 Å². The Kier molecular flexibility index (Phi) is 8.89. The number of aromatic nitrogens is 2. The Morgan fingerprint density at radius 1 is 1.00 bits per heavy atom. The number of halogens is 1. The van der Waals surface area contributed by atoms with E-state index in [1.54, 1.807) is 24.1 Å². The molecule has 0 saturated carbocycles. The summed E-state index contributed by atoms with van der Waals surface area (Å²) in [6, 6.07) is 17.6. The van der Waals surface area contributed by atoms with Crippen molar-refractivity contribution in [1.82, 2.24) is 20.0 Å². The van der Waals surface area contributed by atoms with Gasteiger partial charge in [-0.15, -0.1) is 10.2 Å². The van der Waals surface area contributed by atoms with E-state index in [1.807, 2.05) is 55.1 Å². The van der Waals surface area contributed by atoms with E-state index in [1.165, 1.54) is 12.1 Å². The normalized spacial score (nSPS) is 13.8. The van der Waals surface area contributed by atoms with Crippen LogP contribution in [0.5, 0.6) is 5.75 Å². The highest BCUT2D eigenvalue weighted by molar-refractivity contribution is 5.85. The van der Waals surface area contributed by atoms with Gasteiger partial charge in [-0.1, -0.05) is 38.1 Å². The van der Waals surface area contributed by atoms with E-state index in [2.05, 4.69) is 15.1 Å². The SMILES string of the molecule is COc1cccc(-c2ccc(N3CCCN(C(=O)CN(Cc4ccc(F)cc4)C(=O)C(C)C)CC3)nn2)c1. The summed E-state index contributed by atoms with van der Waals surface area (Å²) in [5.41, 5.74) is 2.47. The van der Waals surface area contributed by atoms with Crippen molar-refractivity contribution in [3.63, 3.8) is 0 Å². The van der Waals surface area contributed by atoms with E-state index in [-0.39, 0.29) is 36.6 Å². The standard InChI is InChI=1S/C29H34FN5O3/c1-21(2)29(37)35(19-22-8-10-24(30)11-9-22)20-28(36)34-15-5-14-33(16-17-34)27-13-12-26(31-32-27)23-6-4-7-25(18-23)38-3/h4,6-13,18,21H,5,14-17,19-20H2,1-3H3. The van der Waals surface area contributed by atoms with Gasteiger partial charge in [0.25, 0.3) is 0 Å². The van der Waals surface area contributed by atoms with E-state index >= 15 is 0 Å². The minimum atomic E-state index is -0.333. The Morgan fingerprint density at radius 3 is 2.47 bits per heavy atom. The fourth-order valence-corrected chi connectivity index (χ4v) is 4.48. The van der Waals surface area contributed by atoms with Crippen molar-refractivity contribution in [1.29, 1.82) is 0 Å². The molecule has 0 bridgehead atoms. The molecular formula is C29H34FN5O3. The van der Waals surface area contributed by atoms with Gasteiger partial charge in [-0.2, -0.15) is 0 Å². The Bertz CT molecular complexity index is 1230. The maximum absolute atomic E-state index is 13.3. The van der Waals surface area contributed by atoms with Crippen molar-refractivity contribution in [2.75, 3.05) is 44.7 Å². The second-order valence-corrected chi connectivity index (χ2v) is 9.71. The minimum Gasteiger partial charge on any atom is -0.497 e. The fourth-order valence-electron chi connectivity index (χ4n) is 4.48. The first kappa shape index (κ1) is 27.0. The molecule has 2 aromatic carbocycles. The number of nitrogens with zero attached hydrogens (tertiary/aromatic N) is 5. The van der Waals surface area contributed by atoms with Crippen LogP contribution in [0.25, 0.3) is 11.3 Å². The van der Waals surface area contributed by atoms with Gasteiger partial charge in [-0.05, 0) is 48.4 Å². The summed E-state index contributed by atoms with van der Waals surface area (Å²) >= 11 is 0. The lowest BCUT2D eigenvalue weighted by atomic mass is 10.1. The van der Waals surface area contributed by atoms with Crippen LogP contribution in [-0.4, -0.2) is 71.6 Å². The van der Waals surface area contributed by atoms with Crippen LogP contribution < -0.4 is 9.64 Å². The molecule has 0 N–H and O–H groups in total. The summed E-state index contributed by atoms with van der Waals surface area (Å²) < 4.78 is 18.6. The van der Waals surface area contributed by atoms with Crippen LogP contribution in [-0.2, 0) is 16.1 Å². The molecule has 1 aliphatic rings. The van der Waals surface area contributed by atoms with Crippen molar-refractivity contribution in [2.45, 2.75) is 26.8 Å². The Labute approximate surface area is 223 Å². The average molecular weight is 520 g/mol. The van der Waals surface area contributed by atoms with Gasteiger partial charge in [-0.3, -0.25) is 9.59 Å². The molecule has 0 radical (unpaired) electrons. The molecule has 4 rings (SSSR count). The molecule has 38 heavy (non-hydrogen) atoms. The third-order valence-electron chi connectivity index (χ3n) is 6.61. The third kappa shape index (κ3) is 6.85. The predicted octanol–water partition coefficient (Wildman–Crippen LogP) is 4.01. The third-order valence-corrected chi connectivity index (χ3v) is 6.61. The number of benzene rings is 2. The average Bonchev–Trinajstić information content (AvgIpc) is 3.20. The Morgan fingerprint density at radius 2 is 1.79 bits per heavy atom. The van der Waals surface area contributed by atoms with Crippen LogP contribution in [0, 0.1) is 11.7 Å². The zero-order valence-electron chi connectivity index (χ0n) is 22.1. The van der Waals surface area contributed by atoms with Gasteiger partial charge >= 0.3 is 0 Å². The maximum atomic E-state index is 13.3. The first-order valence-electron chi connectivity index (χ1n) is 12.9. The summed E-state index contributed by atoms with van der Waals surface area (Å²) in [5.74, 6) is 0.741. The van der Waals surface area contributed by atoms with Crippen LogP contribution in [0.15, 0.2) is 60.7 Å². The van der Waals surface area contributed by atoms with Gasteiger partial charge in [0.2, 0.25) is 11.8 Å². The van der Waals surface area contributed by atoms with Gasteiger partial charge in [0, 0.05) is 44.2 Å². The van der Waals surface area contributed by atoms with Crippen molar-refractivity contribution in [3.05, 3.63) is 72.0 Å². The second kappa shape index (κ2) is 12.5. The number of amides is 2. The van der Waals surface area contributed by atoms with Crippen molar-refractivity contribution < 1.29 is 18.7 Å². The number of methoxy groups -OCH3 is 1. The molecule has 0 unspecified atom stereocenters. The minimum absolute atomic E-state index is 0.0105. The number of carbonyl (C=O) groups is 2. The van der Waals surface area contributed by atoms with Crippen molar-refractivity contribution in [3.8, 4) is 17.0 Å². The molecule has 1 aliphatic heterocycles. The molecule has 1 fully saturated rings. The smallest absolute Gasteiger partial charge is 0.242 e. The first-order valence-corrected chi connectivity index (χ1v) is 12.9. The first-order chi connectivity index (χ1) is 18.3. The number of carbonyl (C=O) groups excluding carboxylic acids is 2. The molecule has 0 spiro atoms. The second-order valence-electron chi connectivity index (χ2n) is 9.71. The van der Waals surface area contributed by atoms with E-state index in [4.69, 9.17) is 4.74 Å². The zero-order valence-corrected chi connectivity index (χ0v) is 22.1. The topological polar surface area (TPSA) is 78.9 Å². The lowest BCUT2D eigenvalue weighted by Gasteiger charge is -2.28. The number of hydrogen-bond donors (Lipinski definition) is 0. The molecule has 2 amide bonds. The van der Waals surface area contributed by atoms with Gasteiger partial charge < -0.3 is 19.4 Å². The summed E-state index contributed by atoms with van der Waals surface area (Å²) in [4.78, 5) is 31.6. The maximum Gasteiger partial charge on any atom is 0.242 e. The molecule has 9 heteroatoms. The molecule has 0 atom stereocenters. The van der Waals surface area contributed by atoms with E-state index in [9.17, 15) is 14.0 Å². The number of anilines is 1. The van der Waals surface area contributed by atoms with Gasteiger partial charge in [-0.25, -0.2) is 4.39 Å². The predicted molar refractivity (Wildman–Crippen MR) is 144 cm³/mol. The lowest BCUT2D eigenvalue weighted by molar-refractivity contribution is -0.142. The van der Waals surface area contributed by atoms with Gasteiger partial charge in [0.15, 0.2) is 5.82 Å². The zero-order chi connectivity index (χ0) is 27.1. The number of hydrogen-bond acceptors (Lipinski definition) is 6. The lowest BCUT2D eigenvalue weighted by Crippen LogP contribution is -2.45. The highest BCUT2D eigenvalue weighted by Crippen LogP contribution is 2.23. The van der Waals surface area contributed by atoms with E-state index in [0.29, 0.717) is 19.6 Å². The molecule has 8 nitrogen and oxygen atoms in total. The Hall–Kier alpha value is -4.01. The van der Waals surface area contributed by atoms with Crippen LogP contribution in [0.4, 0.5) is 10.2 Å². The summed E-state index contributed by atoms with van der Waals surface area (Å²) in [6.07, 6.45) is 0.779. The van der Waals surface area contributed by atoms with Crippen LogP contribution >= 0.6 is 0 Å². The van der Waals surface area contributed by atoms with E-state index < -0.39 is 0 Å². The van der Waals surface area contributed by atoms with Crippen LogP contribution in [0.1, 0.15) is 25.8 Å². The highest BCUT2D eigenvalue weighted by atomic mass is 19.1. The quantitative estimate of drug-likeness (QED) is 0.448. The monoisotopic (exact) mass is 519 g/mol. The molecule has 200 valence electrons. The summed E-state index contributed by atoms with van der Waals surface area (Å²) in [5, 5.41) is 8.85. The molecular weight excluding hydrogens is 485 g/mol. The largest absolute Gasteiger partial charge is 0.497 e. The highest BCUT2D eigenvalue weighted by Gasteiger charge is 2.25. The number of ether oxygens (including phenoxy) is 1. The van der Waals surface area contributed by atoms with Crippen LogP contribution in [0.3, 0.4) is 0 Å². The van der Waals surface area contributed by atoms with Crippen molar-refractivity contribution in [2.24, 2.45) is 5.92 Å². The Balaban J connectivity index is 1.38. The molecule has 0 aliphatic carbocycles. The van der Waals surface area contributed by atoms with Gasteiger partial charge in [0.1, 0.15) is 18.1 Å². The molecule has 3 aromatic rings. The summed E-state index contributed by atoms with van der Waals surface area (Å²) in [6.45, 7) is 6.38. The molecule has 2 heterocycles.